The number of amides is 1. The lowest BCUT2D eigenvalue weighted by Gasteiger charge is -2.06. The van der Waals surface area contributed by atoms with E-state index in [1.54, 1.807) is 12.3 Å². The molecule has 0 radical (unpaired) electrons. The Balaban J connectivity index is 1.81. The molecular formula is C14H14BrNO2S. The van der Waals surface area contributed by atoms with Crippen molar-refractivity contribution < 1.29 is 9.21 Å². The number of hydrogen-bond acceptors (Lipinski definition) is 3. The molecule has 0 bridgehead atoms. The molecule has 1 aromatic heterocycles. The fourth-order valence-electron chi connectivity index (χ4n) is 1.52. The van der Waals surface area contributed by atoms with Crippen LogP contribution in [0.3, 0.4) is 0 Å². The zero-order valence-corrected chi connectivity index (χ0v) is 12.9. The van der Waals surface area contributed by atoms with E-state index < -0.39 is 0 Å². The minimum atomic E-state index is 0.000718. The highest BCUT2D eigenvalue weighted by molar-refractivity contribution is 9.10. The summed E-state index contributed by atoms with van der Waals surface area (Å²) in [7, 11) is 0. The molecule has 3 nitrogen and oxygen atoms in total. The van der Waals surface area contributed by atoms with Gasteiger partial charge in [-0.3, -0.25) is 4.79 Å². The van der Waals surface area contributed by atoms with E-state index in [9.17, 15) is 4.79 Å². The summed E-state index contributed by atoms with van der Waals surface area (Å²) in [5.74, 6) is 1.16. The molecule has 0 fully saturated rings. The molecule has 1 heterocycles. The number of benzene rings is 1. The standard InChI is InChI=1S/C14H14BrNO2S/c1-10-4-5-11(15)7-13(10)19-9-14(17)16-8-12-3-2-6-18-12/h2-7H,8-9H2,1H3,(H,16,17). The Kier molecular flexibility index (Phi) is 5.10. The summed E-state index contributed by atoms with van der Waals surface area (Å²) >= 11 is 4.97. The van der Waals surface area contributed by atoms with Crippen molar-refractivity contribution in [3.05, 3.63) is 52.4 Å². The Bertz CT molecular complexity index is 555. The highest BCUT2D eigenvalue weighted by Crippen LogP contribution is 2.25. The van der Waals surface area contributed by atoms with E-state index in [4.69, 9.17) is 4.42 Å². The fraction of sp³-hybridized carbons (Fsp3) is 0.214. The molecule has 1 aromatic carbocycles. The summed E-state index contributed by atoms with van der Waals surface area (Å²) in [5, 5.41) is 2.82. The molecule has 1 N–H and O–H groups in total. The average Bonchev–Trinajstić information content (AvgIpc) is 2.90. The van der Waals surface area contributed by atoms with E-state index in [1.807, 2.05) is 31.2 Å². The predicted molar refractivity (Wildman–Crippen MR) is 80.2 cm³/mol. The van der Waals surface area contributed by atoms with Crippen LogP contribution in [0.5, 0.6) is 0 Å². The van der Waals surface area contributed by atoms with Gasteiger partial charge in [-0.25, -0.2) is 0 Å². The van der Waals surface area contributed by atoms with Crippen LogP contribution in [0.25, 0.3) is 0 Å². The number of furan rings is 1. The van der Waals surface area contributed by atoms with Gasteiger partial charge in [0.1, 0.15) is 5.76 Å². The van der Waals surface area contributed by atoms with Crippen LogP contribution < -0.4 is 5.32 Å². The Morgan fingerprint density at radius 1 is 1.42 bits per heavy atom. The van der Waals surface area contributed by atoms with Gasteiger partial charge >= 0.3 is 0 Å². The summed E-state index contributed by atoms with van der Waals surface area (Å²) < 4.78 is 6.18. The third-order valence-corrected chi connectivity index (χ3v) is 4.20. The van der Waals surface area contributed by atoms with Crippen LogP contribution in [-0.4, -0.2) is 11.7 Å². The third kappa shape index (κ3) is 4.44. The molecule has 19 heavy (non-hydrogen) atoms. The normalized spacial score (nSPS) is 10.4. The topological polar surface area (TPSA) is 42.2 Å². The molecule has 0 aliphatic rings. The first kappa shape index (κ1) is 14.2. The smallest absolute Gasteiger partial charge is 0.230 e. The van der Waals surface area contributed by atoms with Gasteiger partial charge in [0.25, 0.3) is 0 Å². The molecule has 0 aliphatic carbocycles. The highest BCUT2D eigenvalue weighted by Gasteiger charge is 2.06. The van der Waals surface area contributed by atoms with Crippen molar-refractivity contribution in [2.24, 2.45) is 0 Å². The van der Waals surface area contributed by atoms with Crippen molar-refractivity contribution >= 4 is 33.6 Å². The van der Waals surface area contributed by atoms with Gasteiger partial charge in [0.05, 0.1) is 18.6 Å². The van der Waals surface area contributed by atoms with Gasteiger partial charge in [0.2, 0.25) is 5.91 Å². The maximum absolute atomic E-state index is 11.7. The van der Waals surface area contributed by atoms with Gasteiger partial charge < -0.3 is 9.73 Å². The van der Waals surface area contributed by atoms with E-state index in [1.165, 1.54) is 17.3 Å². The number of hydrogen-bond donors (Lipinski definition) is 1. The van der Waals surface area contributed by atoms with Crippen molar-refractivity contribution in [3.8, 4) is 0 Å². The van der Waals surface area contributed by atoms with Crippen LogP contribution in [-0.2, 0) is 11.3 Å². The van der Waals surface area contributed by atoms with E-state index in [-0.39, 0.29) is 5.91 Å². The van der Waals surface area contributed by atoms with Crippen molar-refractivity contribution in [1.82, 2.24) is 5.32 Å². The average molecular weight is 340 g/mol. The molecule has 0 aliphatic heterocycles. The molecule has 0 saturated heterocycles. The number of aryl methyl sites for hydroxylation is 1. The summed E-state index contributed by atoms with van der Waals surface area (Å²) in [5.41, 5.74) is 1.17. The molecule has 0 unspecified atom stereocenters. The van der Waals surface area contributed by atoms with Crippen molar-refractivity contribution in [2.45, 2.75) is 18.4 Å². The number of thioether (sulfide) groups is 1. The van der Waals surface area contributed by atoms with E-state index in [0.717, 1.165) is 15.1 Å². The number of nitrogens with one attached hydrogen (secondary N) is 1. The maximum Gasteiger partial charge on any atom is 0.230 e. The van der Waals surface area contributed by atoms with Crippen molar-refractivity contribution in [3.63, 3.8) is 0 Å². The van der Waals surface area contributed by atoms with Crippen LogP contribution in [0.4, 0.5) is 0 Å². The second-order valence-electron chi connectivity index (χ2n) is 4.05. The number of carbonyl (C=O) groups excluding carboxylic acids is 1. The molecule has 0 saturated carbocycles. The van der Waals surface area contributed by atoms with Crippen LogP contribution in [0.2, 0.25) is 0 Å². The minimum Gasteiger partial charge on any atom is -0.467 e. The largest absolute Gasteiger partial charge is 0.467 e. The van der Waals surface area contributed by atoms with Crippen LogP contribution in [0.1, 0.15) is 11.3 Å². The SMILES string of the molecule is Cc1ccc(Br)cc1SCC(=O)NCc1ccco1. The Morgan fingerprint density at radius 3 is 3.00 bits per heavy atom. The van der Waals surface area contributed by atoms with E-state index in [0.29, 0.717) is 12.3 Å². The molecule has 5 heteroatoms. The summed E-state index contributed by atoms with van der Waals surface area (Å²) in [6, 6.07) is 9.70. The van der Waals surface area contributed by atoms with Crippen molar-refractivity contribution in [1.29, 1.82) is 0 Å². The molecule has 0 atom stereocenters. The molecule has 2 aromatic rings. The summed E-state index contributed by atoms with van der Waals surface area (Å²) in [6.45, 7) is 2.47. The number of carbonyl (C=O) groups is 1. The molecule has 0 spiro atoms. The minimum absolute atomic E-state index is 0.000718. The van der Waals surface area contributed by atoms with Gasteiger partial charge in [-0.1, -0.05) is 22.0 Å². The van der Waals surface area contributed by atoms with Crippen LogP contribution in [0.15, 0.2) is 50.4 Å². The van der Waals surface area contributed by atoms with Crippen LogP contribution in [0, 0.1) is 6.92 Å². The van der Waals surface area contributed by atoms with Gasteiger partial charge in [-0.05, 0) is 36.8 Å². The fourth-order valence-corrected chi connectivity index (χ4v) is 2.93. The zero-order chi connectivity index (χ0) is 13.7. The Morgan fingerprint density at radius 2 is 2.26 bits per heavy atom. The van der Waals surface area contributed by atoms with Crippen molar-refractivity contribution in [2.75, 3.05) is 5.75 Å². The first-order valence-corrected chi connectivity index (χ1v) is 7.61. The third-order valence-electron chi connectivity index (χ3n) is 2.55. The quantitative estimate of drug-likeness (QED) is 0.843. The summed E-state index contributed by atoms with van der Waals surface area (Å²) in [4.78, 5) is 12.8. The van der Waals surface area contributed by atoms with Crippen LogP contribution >= 0.6 is 27.7 Å². The van der Waals surface area contributed by atoms with Gasteiger partial charge in [-0.15, -0.1) is 11.8 Å². The van der Waals surface area contributed by atoms with E-state index in [2.05, 4.69) is 21.2 Å². The Hall–Kier alpha value is -1.20. The van der Waals surface area contributed by atoms with Gasteiger partial charge in [0, 0.05) is 9.37 Å². The zero-order valence-electron chi connectivity index (χ0n) is 10.5. The second-order valence-corrected chi connectivity index (χ2v) is 5.99. The summed E-state index contributed by atoms with van der Waals surface area (Å²) in [6.07, 6.45) is 1.60. The number of halogens is 1. The van der Waals surface area contributed by atoms with E-state index >= 15 is 0 Å². The number of rotatable bonds is 5. The van der Waals surface area contributed by atoms with Gasteiger partial charge in [0.15, 0.2) is 0 Å². The van der Waals surface area contributed by atoms with Gasteiger partial charge in [-0.2, -0.15) is 0 Å². The lowest BCUT2D eigenvalue weighted by atomic mass is 10.2. The first-order valence-electron chi connectivity index (χ1n) is 5.83. The highest BCUT2D eigenvalue weighted by atomic mass is 79.9. The lowest BCUT2D eigenvalue weighted by molar-refractivity contribution is -0.118. The molecule has 1 amide bonds. The first-order chi connectivity index (χ1) is 9.15. The Labute approximate surface area is 124 Å². The molecular weight excluding hydrogens is 326 g/mol. The monoisotopic (exact) mass is 339 g/mol. The second kappa shape index (κ2) is 6.82. The maximum atomic E-state index is 11.7. The predicted octanol–water partition coefficient (Wildman–Crippen LogP) is 3.76. The molecule has 100 valence electrons. The molecule has 2 rings (SSSR count). The lowest BCUT2D eigenvalue weighted by Crippen LogP contribution is -2.24.